The molecule has 1 aliphatic heterocycles. The van der Waals surface area contributed by atoms with Crippen molar-refractivity contribution in [3.05, 3.63) is 29.6 Å². The minimum Gasteiger partial charge on any atom is -0.477 e. The zero-order valence-electron chi connectivity index (χ0n) is 11.5. The number of carbonyl (C=O) groups is 3. The van der Waals surface area contributed by atoms with Gasteiger partial charge in [-0.05, 0) is 30.9 Å². The van der Waals surface area contributed by atoms with E-state index in [9.17, 15) is 14.4 Å². The molecular weight excluding hydrogens is 274 g/mol. The van der Waals surface area contributed by atoms with Crippen molar-refractivity contribution in [3.63, 3.8) is 0 Å². The van der Waals surface area contributed by atoms with Crippen LogP contribution in [0.3, 0.4) is 0 Å². The van der Waals surface area contributed by atoms with Gasteiger partial charge < -0.3 is 15.7 Å². The van der Waals surface area contributed by atoms with E-state index in [2.05, 4.69) is 4.98 Å². The fourth-order valence-electron chi connectivity index (χ4n) is 2.49. The highest BCUT2D eigenvalue weighted by Gasteiger charge is 2.25. The quantitative estimate of drug-likeness (QED) is 0.839. The lowest BCUT2D eigenvalue weighted by Crippen LogP contribution is -2.39. The van der Waals surface area contributed by atoms with Gasteiger partial charge in [0.25, 0.3) is 5.91 Å². The Balaban J connectivity index is 2.00. The van der Waals surface area contributed by atoms with Gasteiger partial charge >= 0.3 is 5.97 Å². The number of rotatable bonds is 4. The molecule has 7 nitrogen and oxygen atoms in total. The number of piperidine rings is 1. The maximum atomic E-state index is 12.3. The Morgan fingerprint density at radius 1 is 1.33 bits per heavy atom. The first-order chi connectivity index (χ1) is 9.97. The fraction of sp³-hybridized carbons (Fsp3) is 0.429. The monoisotopic (exact) mass is 291 g/mol. The van der Waals surface area contributed by atoms with Crippen LogP contribution in [-0.2, 0) is 4.79 Å². The van der Waals surface area contributed by atoms with Crippen LogP contribution in [0.1, 0.15) is 40.1 Å². The summed E-state index contributed by atoms with van der Waals surface area (Å²) in [6.07, 6.45) is 3.12. The standard InChI is InChI=1S/C14H17N3O4/c15-12(18)7-9-2-5-17(6-3-9)13(19)10-1-4-16-11(8-10)14(20)21/h1,4,8-9H,2-3,5-7H2,(H2,15,18)(H,20,21). The molecule has 0 saturated carbocycles. The number of hydrogen-bond donors (Lipinski definition) is 2. The smallest absolute Gasteiger partial charge is 0.354 e. The molecule has 0 radical (unpaired) electrons. The maximum absolute atomic E-state index is 12.3. The minimum absolute atomic E-state index is 0.149. The minimum atomic E-state index is -1.16. The summed E-state index contributed by atoms with van der Waals surface area (Å²) < 4.78 is 0. The Morgan fingerprint density at radius 2 is 2.00 bits per heavy atom. The number of amides is 2. The lowest BCUT2D eigenvalue weighted by Gasteiger charge is -2.31. The molecule has 0 spiro atoms. The summed E-state index contributed by atoms with van der Waals surface area (Å²) in [6.45, 7) is 1.09. The average Bonchev–Trinajstić information content (AvgIpc) is 2.47. The number of carbonyl (C=O) groups excluding carboxylic acids is 2. The van der Waals surface area contributed by atoms with Crippen molar-refractivity contribution in [3.8, 4) is 0 Å². The van der Waals surface area contributed by atoms with E-state index >= 15 is 0 Å². The lowest BCUT2D eigenvalue weighted by molar-refractivity contribution is -0.119. The molecule has 1 saturated heterocycles. The SMILES string of the molecule is NC(=O)CC1CCN(C(=O)c2ccnc(C(=O)O)c2)CC1. The molecular formula is C14H17N3O4. The molecule has 0 unspecified atom stereocenters. The van der Waals surface area contributed by atoms with Crippen molar-refractivity contribution in [2.75, 3.05) is 13.1 Å². The number of pyridine rings is 1. The number of carboxylic acids is 1. The van der Waals surface area contributed by atoms with Crippen molar-refractivity contribution < 1.29 is 19.5 Å². The van der Waals surface area contributed by atoms with Gasteiger partial charge in [-0.3, -0.25) is 9.59 Å². The van der Waals surface area contributed by atoms with Crippen LogP contribution in [0.4, 0.5) is 0 Å². The normalized spacial score (nSPS) is 15.7. The first kappa shape index (κ1) is 15.0. The first-order valence-corrected chi connectivity index (χ1v) is 6.74. The third-order valence-corrected chi connectivity index (χ3v) is 3.62. The van der Waals surface area contributed by atoms with Gasteiger partial charge in [-0.15, -0.1) is 0 Å². The Morgan fingerprint density at radius 3 is 2.57 bits per heavy atom. The largest absolute Gasteiger partial charge is 0.477 e. The van der Waals surface area contributed by atoms with Crippen LogP contribution in [0, 0.1) is 5.92 Å². The molecule has 0 bridgehead atoms. The number of aromatic carboxylic acids is 1. The van der Waals surface area contributed by atoms with E-state index in [1.165, 1.54) is 18.3 Å². The van der Waals surface area contributed by atoms with E-state index < -0.39 is 5.97 Å². The molecule has 0 atom stereocenters. The fourth-order valence-corrected chi connectivity index (χ4v) is 2.49. The zero-order valence-corrected chi connectivity index (χ0v) is 11.5. The Labute approximate surface area is 121 Å². The Kier molecular flexibility index (Phi) is 4.52. The van der Waals surface area contributed by atoms with Gasteiger partial charge in [-0.1, -0.05) is 0 Å². The van der Waals surface area contributed by atoms with Gasteiger partial charge in [0.1, 0.15) is 5.69 Å². The predicted octanol–water partition coefficient (Wildman–Crippen LogP) is 0.507. The molecule has 112 valence electrons. The number of nitrogens with two attached hydrogens (primary N) is 1. The molecule has 0 aliphatic carbocycles. The number of aromatic nitrogens is 1. The van der Waals surface area contributed by atoms with Gasteiger partial charge in [0.05, 0.1) is 0 Å². The van der Waals surface area contributed by atoms with Crippen LogP contribution in [0.5, 0.6) is 0 Å². The molecule has 3 N–H and O–H groups in total. The van der Waals surface area contributed by atoms with E-state index in [-0.39, 0.29) is 23.4 Å². The number of carboxylic acid groups (broad SMARTS) is 1. The van der Waals surface area contributed by atoms with Crippen molar-refractivity contribution in [2.24, 2.45) is 11.7 Å². The second kappa shape index (κ2) is 6.34. The van der Waals surface area contributed by atoms with Crippen LogP contribution < -0.4 is 5.73 Å². The van der Waals surface area contributed by atoms with E-state index in [0.717, 1.165) is 12.8 Å². The van der Waals surface area contributed by atoms with Crippen molar-refractivity contribution >= 4 is 17.8 Å². The topological polar surface area (TPSA) is 114 Å². The summed E-state index contributed by atoms with van der Waals surface area (Å²) in [6, 6.07) is 2.78. The highest BCUT2D eigenvalue weighted by atomic mass is 16.4. The summed E-state index contributed by atoms with van der Waals surface area (Å²) in [5.41, 5.74) is 5.34. The van der Waals surface area contributed by atoms with Crippen molar-refractivity contribution in [2.45, 2.75) is 19.3 Å². The molecule has 1 aliphatic rings. The Bertz CT molecular complexity index is 565. The van der Waals surface area contributed by atoms with Gasteiger partial charge in [-0.25, -0.2) is 9.78 Å². The van der Waals surface area contributed by atoms with Crippen molar-refractivity contribution in [1.82, 2.24) is 9.88 Å². The molecule has 7 heteroatoms. The summed E-state index contributed by atoms with van der Waals surface area (Å²) in [5, 5.41) is 8.89. The van der Waals surface area contributed by atoms with Crippen molar-refractivity contribution in [1.29, 1.82) is 0 Å². The van der Waals surface area contributed by atoms with Gasteiger partial charge in [0.2, 0.25) is 5.91 Å². The molecule has 1 aromatic heterocycles. The van der Waals surface area contributed by atoms with Crippen LogP contribution in [0.15, 0.2) is 18.3 Å². The average molecular weight is 291 g/mol. The highest BCUT2D eigenvalue weighted by molar-refractivity contribution is 5.96. The second-order valence-electron chi connectivity index (χ2n) is 5.14. The molecule has 2 amide bonds. The maximum Gasteiger partial charge on any atom is 0.354 e. The highest BCUT2D eigenvalue weighted by Crippen LogP contribution is 2.21. The lowest BCUT2D eigenvalue weighted by atomic mass is 9.93. The van der Waals surface area contributed by atoms with E-state index in [4.69, 9.17) is 10.8 Å². The molecule has 2 heterocycles. The van der Waals surface area contributed by atoms with Crippen LogP contribution in [0.2, 0.25) is 0 Å². The van der Waals surface area contributed by atoms with E-state index in [1.807, 2.05) is 0 Å². The third kappa shape index (κ3) is 3.77. The van der Waals surface area contributed by atoms with Gasteiger partial charge in [0.15, 0.2) is 0 Å². The molecule has 2 rings (SSSR count). The van der Waals surface area contributed by atoms with E-state index in [1.54, 1.807) is 4.90 Å². The number of primary amides is 1. The Hall–Kier alpha value is -2.44. The summed E-state index contributed by atoms with van der Waals surface area (Å²) in [5.74, 6) is -1.47. The van der Waals surface area contributed by atoms with Crippen LogP contribution >= 0.6 is 0 Å². The zero-order chi connectivity index (χ0) is 15.4. The number of hydrogen-bond acceptors (Lipinski definition) is 4. The second-order valence-corrected chi connectivity index (χ2v) is 5.14. The van der Waals surface area contributed by atoms with Gasteiger partial charge in [0, 0.05) is 31.3 Å². The van der Waals surface area contributed by atoms with E-state index in [0.29, 0.717) is 25.1 Å². The summed E-state index contributed by atoms with van der Waals surface area (Å²) >= 11 is 0. The summed E-state index contributed by atoms with van der Waals surface area (Å²) in [4.78, 5) is 39.4. The van der Waals surface area contributed by atoms with Crippen LogP contribution in [0.25, 0.3) is 0 Å². The summed E-state index contributed by atoms with van der Waals surface area (Å²) in [7, 11) is 0. The first-order valence-electron chi connectivity index (χ1n) is 6.74. The number of likely N-dealkylation sites (tertiary alicyclic amines) is 1. The predicted molar refractivity (Wildman–Crippen MR) is 73.6 cm³/mol. The molecule has 1 fully saturated rings. The molecule has 21 heavy (non-hydrogen) atoms. The van der Waals surface area contributed by atoms with Crippen LogP contribution in [-0.4, -0.2) is 45.9 Å². The number of nitrogens with zero attached hydrogens (tertiary/aromatic N) is 2. The molecule has 1 aromatic rings. The van der Waals surface area contributed by atoms with Gasteiger partial charge in [-0.2, -0.15) is 0 Å². The molecule has 0 aromatic carbocycles. The third-order valence-electron chi connectivity index (χ3n) is 3.62.